The van der Waals surface area contributed by atoms with E-state index in [1.54, 1.807) is 18.7 Å². The average molecular weight is 392 g/mol. The summed E-state index contributed by atoms with van der Waals surface area (Å²) in [5, 5.41) is 3.31. The van der Waals surface area contributed by atoms with Gasteiger partial charge in [-0.15, -0.1) is 0 Å². The van der Waals surface area contributed by atoms with Gasteiger partial charge in [0, 0.05) is 24.5 Å². The zero-order valence-electron chi connectivity index (χ0n) is 16.3. The van der Waals surface area contributed by atoms with Crippen molar-refractivity contribution in [2.75, 3.05) is 11.9 Å². The first-order valence-corrected chi connectivity index (χ1v) is 9.86. The average Bonchev–Trinajstić information content (AvgIpc) is 3.24. The second-order valence-corrected chi connectivity index (χ2v) is 6.93. The molecule has 0 aliphatic carbocycles. The van der Waals surface area contributed by atoms with Gasteiger partial charge in [0.2, 0.25) is 5.95 Å². The fourth-order valence-corrected chi connectivity index (χ4v) is 3.42. The van der Waals surface area contributed by atoms with E-state index >= 15 is 0 Å². The van der Waals surface area contributed by atoms with Crippen LogP contribution in [0.3, 0.4) is 0 Å². The van der Waals surface area contributed by atoms with Crippen LogP contribution in [0, 0.1) is 0 Å². The Morgan fingerprint density at radius 3 is 2.57 bits per heavy atom. The van der Waals surface area contributed by atoms with Crippen LogP contribution in [0.4, 0.5) is 5.95 Å². The molecule has 2 aromatic carbocycles. The van der Waals surface area contributed by atoms with Gasteiger partial charge in [-0.1, -0.05) is 42.5 Å². The van der Waals surface area contributed by atoms with Crippen LogP contribution < -0.4 is 5.32 Å². The van der Waals surface area contributed by atoms with E-state index < -0.39 is 0 Å². The molecule has 0 bridgehead atoms. The molecule has 1 N–H and O–H groups in total. The zero-order chi connectivity index (χ0) is 20.2. The molecule has 146 valence electrons. The molecule has 0 atom stereocenters. The molecule has 0 amide bonds. The van der Waals surface area contributed by atoms with Crippen molar-refractivity contribution in [3.05, 3.63) is 97.1 Å². The summed E-state index contributed by atoms with van der Waals surface area (Å²) in [7, 11) is 0. The van der Waals surface area contributed by atoms with Gasteiger partial charge in [-0.05, 0) is 42.3 Å². The van der Waals surface area contributed by atoms with Crippen LogP contribution in [0.5, 0.6) is 0 Å². The predicted molar refractivity (Wildman–Crippen MR) is 119 cm³/mol. The Kier molecular flexibility index (Phi) is 4.88. The number of imidazole rings is 1. The van der Waals surface area contributed by atoms with Gasteiger partial charge in [0.1, 0.15) is 12.1 Å². The molecule has 0 spiro atoms. The highest BCUT2D eigenvalue weighted by atomic mass is 15.2. The first-order chi connectivity index (χ1) is 14.9. The molecule has 3 aromatic heterocycles. The van der Waals surface area contributed by atoms with Crippen molar-refractivity contribution in [2.45, 2.75) is 6.42 Å². The summed E-state index contributed by atoms with van der Waals surface area (Å²) < 4.78 is 1.97. The molecule has 5 rings (SSSR count). The molecule has 6 nitrogen and oxygen atoms in total. The van der Waals surface area contributed by atoms with Crippen molar-refractivity contribution in [3.8, 4) is 17.1 Å². The lowest BCUT2D eigenvalue weighted by molar-refractivity contribution is 0.953. The van der Waals surface area contributed by atoms with Crippen LogP contribution >= 0.6 is 0 Å². The van der Waals surface area contributed by atoms with Gasteiger partial charge in [-0.3, -0.25) is 9.55 Å². The van der Waals surface area contributed by atoms with Gasteiger partial charge in [0.05, 0.1) is 16.7 Å². The Balaban J connectivity index is 1.37. The Hall–Kier alpha value is -4.06. The topological polar surface area (TPSA) is 68.5 Å². The summed E-state index contributed by atoms with van der Waals surface area (Å²) >= 11 is 0. The van der Waals surface area contributed by atoms with E-state index in [4.69, 9.17) is 0 Å². The summed E-state index contributed by atoms with van der Waals surface area (Å²) in [6.45, 7) is 0.769. The summed E-state index contributed by atoms with van der Waals surface area (Å²) in [4.78, 5) is 18.0. The molecule has 3 heterocycles. The third-order valence-electron chi connectivity index (χ3n) is 4.94. The Bertz CT molecular complexity index is 1260. The van der Waals surface area contributed by atoms with E-state index in [0.717, 1.165) is 41.1 Å². The minimum Gasteiger partial charge on any atom is -0.354 e. The molecule has 6 heteroatoms. The molecule has 30 heavy (non-hydrogen) atoms. The van der Waals surface area contributed by atoms with Gasteiger partial charge in [0.15, 0.2) is 0 Å². The third-order valence-corrected chi connectivity index (χ3v) is 4.94. The van der Waals surface area contributed by atoms with Gasteiger partial charge >= 0.3 is 0 Å². The van der Waals surface area contributed by atoms with Crippen molar-refractivity contribution in [1.82, 2.24) is 24.5 Å². The molecule has 0 radical (unpaired) electrons. The number of benzene rings is 2. The van der Waals surface area contributed by atoms with E-state index in [1.807, 2.05) is 41.0 Å². The van der Waals surface area contributed by atoms with Gasteiger partial charge in [-0.25, -0.2) is 9.97 Å². The highest BCUT2D eigenvalue weighted by Gasteiger charge is 2.09. The van der Waals surface area contributed by atoms with Crippen LogP contribution in [0.15, 0.2) is 91.5 Å². The van der Waals surface area contributed by atoms with Crippen LogP contribution in [0.1, 0.15) is 5.56 Å². The summed E-state index contributed by atoms with van der Waals surface area (Å²) in [6.07, 6.45) is 6.27. The van der Waals surface area contributed by atoms with Crippen LogP contribution in [-0.2, 0) is 6.42 Å². The fraction of sp³-hybridized carbons (Fsp3) is 0.0833. The number of fused-ring (bicyclic) bond motifs is 1. The van der Waals surface area contributed by atoms with Gasteiger partial charge < -0.3 is 5.32 Å². The first-order valence-electron chi connectivity index (χ1n) is 9.86. The van der Waals surface area contributed by atoms with Crippen molar-refractivity contribution < 1.29 is 0 Å². The number of rotatable bonds is 6. The largest absolute Gasteiger partial charge is 0.354 e. The maximum atomic E-state index is 4.67. The highest BCUT2D eigenvalue weighted by Crippen LogP contribution is 2.24. The number of pyridine rings is 1. The molecule has 0 fully saturated rings. The second kappa shape index (κ2) is 8.13. The molecular weight excluding hydrogens is 372 g/mol. The molecule has 5 aromatic rings. The number of nitrogens with zero attached hydrogens (tertiary/aromatic N) is 5. The maximum Gasteiger partial charge on any atom is 0.224 e. The lowest BCUT2D eigenvalue weighted by Crippen LogP contribution is -2.09. The third kappa shape index (κ3) is 3.75. The highest BCUT2D eigenvalue weighted by molar-refractivity contribution is 5.82. The van der Waals surface area contributed by atoms with E-state index in [9.17, 15) is 0 Å². The van der Waals surface area contributed by atoms with Gasteiger partial charge in [0.25, 0.3) is 0 Å². The zero-order valence-corrected chi connectivity index (χ0v) is 16.3. The lowest BCUT2D eigenvalue weighted by Gasteiger charge is -2.08. The minimum absolute atomic E-state index is 0.607. The van der Waals surface area contributed by atoms with Crippen LogP contribution in [-0.4, -0.2) is 31.0 Å². The first kappa shape index (κ1) is 18.0. The lowest BCUT2D eigenvalue weighted by atomic mass is 10.1. The normalized spacial score (nSPS) is 10.9. The van der Waals surface area contributed by atoms with Crippen LogP contribution in [0.2, 0.25) is 0 Å². The molecule has 0 aliphatic rings. The van der Waals surface area contributed by atoms with Crippen molar-refractivity contribution in [1.29, 1.82) is 0 Å². The molecule has 0 saturated carbocycles. The quantitative estimate of drug-likeness (QED) is 0.460. The fourth-order valence-electron chi connectivity index (χ4n) is 3.42. The smallest absolute Gasteiger partial charge is 0.224 e. The number of anilines is 1. The monoisotopic (exact) mass is 392 g/mol. The van der Waals surface area contributed by atoms with E-state index in [-0.39, 0.29) is 0 Å². The standard InChI is InChI=1S/C24H20N6/c1-2-6-18(7-3-1)11-14-26-24-27-15-12-23(29-24)30-17-28-21-16-19(9-10-22(21)30)20-8-4-5-13-25-20/h1-10,12-13,15-17H,11,14H2,(H,26,27,29). The number of aromatic nitrogens is 5. The van der Waals surface area contributed by atoms with Crippen molar-refractivity contribution >= 4 is 17.0 Å². The molecule has 0 saturated heterocycles. The Labute approximate surface area is 174 Å². The number of hydrogen-bond acceptors (Lipinski definition) is 5. The van der Waals surface area contributed by atoms with Crippen molar-refractivity contribution in [3.63, 3.8) is 0 Å². The Morgan fingerprint density at radius 1 is 0.800 bits per heavy atom. The summed E-state index contributed by atoms with van der Waals surface area (Å²) in [5.41, 5.74) is 5.14. The van der Waals surface area contributed by atoms with Gasteiger partial charge in [-0.2, -0.15) is 4.98 Å². The molecular formula is C24H20N6. The second-order valence-electron chi connectivity index (χ2n) is 6.93. The van der Waals surface area contributed by atoms with Crippen molar-refractivity contribution in [2.24, 2.45) is 0 Å². The summed E-state index contributed by atoms with van der Waals surface area (Å²) in [5.74, 6) is 1.38. The molecule has 0 unspecified atom stereocenters. The maximum absolute atomic E-state index is 4.67. The van der Waals surface area contributed by atoms with E-state index in [0.29, 0.717) is 5.95 Å². The molecule has 0 aliphatic heterocycles. The van der Waals surface area contributed by atoms with E-state index in [1.165, 1.54) is 5.56 Å². The number of hydrogen-bond donors (Lipinski definition) is 1. The summed E-state index contributed by atoms with van der Waals surface area (Å²) in [6, 6.07) is 24.3. The SMILES string of the molecule is c1ccc(CCNc2nccc(-n3cnc4cc(-c5ccccn5)ccc43)n2)cc1. The Morgan fingerprint density at radius 2 is 1.70 bits per heavy atom. The van der Waals surface area contributed by atoms with E-state index in [2.05, 4.69) is 61.7 Å². The minimum atomic E-state index is 0.607. The van der Waals surface area contributed by atoms with Crippen LogP contribution in [0.25, 0.3) is 28.1 Å². The predicted octanol–water partition coefficient (Wildman–Crippen LogP) is 4.53. The number of nitrogens with one attached hydrogen (secondary N) is 1.